The quantitative estimate of drug-likeness (QED) is 0.200. The topological polar surface area (TPSA) is 81.8 Å². The van der Waals surface area contributed by atoms with Crippen LogP contribution in [0.3, 0.4) is 0 Å². The third-order valence-corrected chi connectivity index (χ3v) is 9.82. The van der Waals surface area contributed by atoms with Gasteiger partial charge in [0.05, 0.1) is 37.3 Å². The minimum Gasteiger partial charge on any atom is -0.496 e. The Labute approximate surface area is 257 Å². The van der Waals surface area contributed by atoms with Gasteiger partial charge >= 0.3 is 6.09 Å². The van der Waals surface area contributed by atoms with E-state index in [9.17, 15) is 4.79 Å². The lowest BCUT2D eigenvalue weighted by Gasteiger charge is -2.34. The molecule has 1 aliphatic rings. The zero-order valence-electron chi connectivity index (χ0n) is 21.1. The van der Waals surface area contributed by atoms with Gasteiger partial charge < -0.3 is 28.8 Å². The number of piperidine rings is 1. The van der Waals surface area contributed by atoms with E-state index in [4.69, 9.17) is 25.6 Å². The van der Waals surface area contributed by atoms with Crippen LogP contribution in [0, 0.1) is 7.14 Å². The van der Waals surface area contributed by atoms with Crippen molar-refractivity contribution in [2.45, 2.75) is 45.3 Å². The van der Waals surface area contributed by atoms with Gasteiger partial charge in [-0.15, -0.1) is 11.3 Å². The fourth-order valence-electron chi connectivity index (χ4n) is 4.73. The zero-order chi connectivity index (χ0) is 27.0. The van der Waals surface area contributed by atoms with E-state index in [-0.39, 0.29) is 6.04 Å². The number of likely N-dealkylation sites (tertiary alicyclic amines) is 1. The summed E-state index contributed by atoms with van der Waals surface area (Å²) in [7, 11) is 1.64. The molecule has 0 saturated carbocycles. The molecular weight excluding hydrogens is 754 g/mol. The van der Waals surface area contributed by atoms with Crippen LogP contribution in [0.25, 0.3) is 21.5 Å². The third-order valence-electron chi connectivity index (χ3n) is 6.70. The van der Waals surface area contributed by atoms with Gasteiger partial charge in [-0.25, -0.2) is 4.79 Å². The highest BCUT2D eigenvalue weighted by atomic mass is 127. The fraction of sp³-hybridized carbons (Fsp3) is 0.385. The summed E-state index contributed by atoms with van der Waals surface area (Å²) >= 11 is 12.1. The van der Waals surface area contributed by atoms with Crippen molar-refractivity contribution < 1.29 is 18.8 Å². The average molecular weight is 781 g/mol. The number of benzene rings is 1. The number of nitrogens with one attached hydrogen (secondary N) is 1. The first-order chi connectivity index (χ1) is 18.2. The molecule has 8 nitrogen and oxygen atoms in total. The van der Waals surface area contributed by atoms with E-state index >= 15 is 0 Å². The van der Waals surface area contributed by atoms with Crippen molar-refractivity contribution >= 4 is 85.1 Å². The van der Waals surface area contributed by atoms with Crippen molar-refractivity contribution in [1.29, 1.82) is 0 Å². The van der Waals surface area contributed by atoms with Crippen molar-refractivity contribution in [3.8, 4) is 22.3 Å². The highest BCUT2D eigenvalue weighted by molar-refractivity contribution is 14.1. The number of ether oxygens (including phenoxy) is 2. The van der Waals surface area contributed by atoms with E-state index < -0.39 is 6.09 Å². The van der Waals surface area contributed by atoms with Crippen LogP contribution in [0.5, 0.6) is 11.6 Å². The fourth-order valence-corrected chi connectivity index (χ4v) is 7.38. The molecule has 0 unspecified atom stereocenters. The van der Waals surface area contributed by atoms with Crippen molar-refractivity contribution in [3.05, 3.63) is 47.5 Å². The number of hydrogen-bond donors (Lipinski definition) is 1. The van der Waals surface area contributed by atoms with Gasteiger partial charge in [0.15, 0.2) is 5.76 Å². The van der Waals surface area contributed by atoms with Crippen LogP contribution in [0.4, 0.5) is 4.79 Å². The van der Waals surface area contributed by atoms with Crippen molar-refractivity contribution in [2.75, 3.05) is 20.2 Å². The second-order valence-electron chi connectivity index (χ2n) is 9.40. The van der Waals surface area contributed by atoms with Crippen LogP contribution in [0.2, 0.25) is 4.34 Å². The smallest absolute Gasteiger partial charge is 0.414 e. The predicted octanol–water partition coefficient (Wildman–Crippen LogP) is 7.24. The minimum atomic E-state index is -0.460. The highest BCUT2D eigenvalue weighted by Crippen LogP contribution is 2.42. The van der Waals surface area contributed by atoms with E-state index in [2.05, 4.69) is 74.4 Å². The molecule has 12 heteroatoms. The number of thiophene rings is 1. The Bertz CT molecular complexity index is 1460. The van der Waals surface area contributed by atoms with E-state index in [1.165, 1.54) is 11.3 Å². The van der Waals surface area contributed by atoms with Gasteiger partial charge in [-0.3, -0.25) is 0 Å². The van der Waals surface area contributed by atoms with E-state index in [0.717, 1.165) is 48.9 Å². The first kappa shape index (κ1) is 28.0. The second kappa shape index (κ2) is 11.9. The lowest BCUT2D eigenvalue weighted by Crippen LogP contribution is -2.47. The van der Waals surface area contributed by atoms with Gasteiger partial charge in [-0.05, 0) is 96.1 Å². The summed E-state index contributed by atoms with van der Waals surface area (Å²) in [5.41, 5.74) is 1.61. The van der Waals surface area contributed by atoms with Gasteiger partial charge in [-0.2, -0.15) is 0 Å². The number of amides is 1. The van der Waals surface area contributed by atoms with Gasteiger partial charge in [0, 0.05) is 34.8 Å². The Hall–Kier alpha value is -1.55. The molecule has 1 aromatic carbocycles. The molecule has 5 rings (SSSR count). The molecule has 0 bridgehead atoms. The summed E-state index contributed by atoms with van der Waals surface area (Å²) in [4.78, 5) is 16.4. The van der Waals surface area contributed by atoms with Crippen LogP contribution in [0.1, 0.15) is 32.4 Å². The largest absolute Gasteiger partial charge is 0.496 e. The molecule has 4 aromatic rings. The van der Waals surface area contributed by atoms with Gasteiger partial charge in [0.1, 0.15) is 11.4 Å². The van der Waals surface area contributed by atoms with Crippen molar-refractivity contribution in [3.63, 3.8) is 0 Å². The second-order valence-corrected chi connectivity index (χ2v) is 13.4. The molecule has 0 spiro atoms. The molecule has 3 aromatic heterocycles. The highest BCUT2D eigenvalue weighted by Gasteiger charge is 2.27. The Kier molecular flexibility index (Phi) is 8.77. The molecule has 1 saturated heterocycles. The summed E-state index contributed by atoms with van der Waals surface area (Å²) in [6, 6.07) is 10.1. The first-order valence-electron chi connectivity index (χ1n) is 12.2. The standard InChI is InChI=1S/C26H27ClI2N4O4S/c1-14(2)32-10-8-15(9-11-32)30-26(34)36-25-23(29)22-18(35-3)5-4-17(28)24(22)33(25)13-16-12-19(37-31-16)20-6-7-21(27)38-20/h4-7,12,14-15H,8-11,13H2,1-3H3,(H,30,34). The molecule has 0 aliphatic carbocycles. The number of rotatable bonds is 7. The molecule has 0 atom stereocenters. The molecule has 4 heterocycles. The van der Waals surface area contributed by atoms with Crippen LogP contribution in [0.15, 0.2) is 34.9 Å². The van der Waals surface area contributed by atoms with Crippen LogP contribution < -0.4 is 14.8 Å². The Morgan fingerprint density at radius 2 is 2.03 bits per heavy atom. The summed E-state index contributed by atoms with van der Waals surface area (Å²) in [5, 5.41) is 8.26. The molecule has 1 fully saturated rings. The number of halogens is 3. The maximum atomic E-state index is 13.1. The Morgan fingerprint density at radius 1 is 1.26 bits per heavy atom. The van der Waals surface area contributed by atoms with E-state index in [1.54, 1.807) is 7.11 Å². The van der Waals surface area contributed by atoms with Gasteiger partial charge in [0.2, 0.25) is 5.88 Å². The molecule has 0 radical (unpaired) electrons. The van der Waals surface area contributed by atoms with Crippen molar-refractivity contribution in [1.82, 2.24) is 19.9 Å². The van der Waals surface area contributed by atoms with E-state index in [0.29, 0.717) is 40.0 Å². The Balaban J connectivity index is 1.45. The van der Waals surface area contributed by atoms with Gasteiger partial charge in [-0.1, -0.05) is 16.8 Å². The average Bonchev–Trinajstić information content (AvgIpc) is 3.60. The summed E-state index contributed by atoms with van der Waals surface area (Å²) in [6.45, 7) is 6.66. The molecule has 1 N–H and O–H groups in total. The van der Waals surface area contributed by atoms with Gasteiger partial charge in [0.25, 0.3) is 0 Å². The number of aromatic nitrogens is 2. The Morgan fingerprint density at radius 3 is 2.68 bits per heavy atom. The number of hydrogen-bond acceptors (Lipinski definition) is 7. The monoisotopic (exact) mass is 780 g/mol. The number of nitrogens with zero attached hydrogens (tertiary/aromatic N) is 3. The number of fused-ring (bicyclic) bond motifs is 1. The number of carbonyl (C=O) groups is 1. The molecule has 38 heavy (non-hydrogen) atoms. The lowest BCUT2D eigenvalue weighted by molar-refractivity contribution is 0.151. The SMILES string of the molecule is COc1ccc(I)c2c1c(I)c(OC(=O)NC1CCN(C(C)C)CC1)n2Cc1cc(-c2ccc(Cl)s2)on1. The normalized spacial score (nSPS) is 14.9. The summed E-state index contributed by atoms with van der Waals surface area (Å²) in [6.07, 6.45) is 1.33. The molecule has 1 aliphatic heterocycles. The minimum absolute atomic E-state index is 0.0818. The summed E-state index contributed by atoms with van der Waals surface area (Å²) < 4.78 is 21.8. The lowest BCUT2D eigenvalue weighted by atomic mass is 10.0. The van der Waals surface area contributed by atoms with Crippen LogP contribution in [-0.2, 0) is 6.54 Å². The zero-order valence-corrected chi connectivity index (χ0v) is 27.0. The van der Waals surface area contributed by atoms with Crippen LogP contribution in [-0.4, -0.2) is 53.0 Å². The summed E-state index contributed by atoms with van der Waals surface area (Å²) in [5.74, 6) is 1.80. The first-order valence-corrected chi connectivity index (χ1v) is 15.6. The maximum Gasteiger partial charge on any atom is 0.414 e. The number of methoxy groups -OCH3 is 1. The third kappa shape index (κ3) is 5.81. The molecule has 1 amide bonds. The van der Waals surface area contributed by atoms with E-state index in [1.807, 2.05) is 34.9 Å². The maximum absolute atomic E-state index is 13.1. The predicted molar refractivity (Wildman–Crippen MR) is 167 cm³/mol. The molecular formula is C26H27ClI2N4O4S. The van der Waals surface area contributed by atoms with Crippen LogP contribution >= 0.6 is 68.1 Å². The van der Waals surface area contributed by atoms with Crippen molar-refractivity contribution in [2.24, 2.45) is 0 Å². The number of carbonyl (C=O) groups excluding carboxylic acids is 1. The molecule has 202 valence electrons.